The number of hydrogen-bond donors (Lipinski definition) is 1. The Morgan fingerprint density at radius 2 is 2.00 bits per heavy atom. The molecular weight excluding hydrogens is 384 g/mol. The van der Waals surface area contributed by atoms with E-state index in [1.807, 2.05) is 30.7 Å². The number of carbonyl (C=O) groups is 1. The molecule has 3 rings (SSSR count). The highest BCUT2D eigenvalue weighted by Gasteiger charge is 2.23. The topological polar surface area (TPSA) is 69.0 Å². The van der Waals surface area contributed by atoms with Crippen molar-refractivity contribution >= 4 is 17.7 Å². The maximum absolute atomic E-state index is 12.4. The summed E-state index contributed by atoms with van der Waals surface area (Å²) in [6.45, 7) is 6.32. The number of aromatic nitrogens is 3. The zero-order chi connectivity index (χ0) is 20.8. The Kier molecular flexibility index (Phi) is 7.58. The SMILES string of the molecule is CCc1ccc(O[C@H](C)c2nnc(SCC(=O)N[C@H]3CCCC[C@@H]3C)n2C)cc1. The van der Waals surface area contributed by atoms with Gasteiger partial charge in [0.15, 0.2) is 17.1 Å². The molecule has 1 saturated carbocycles. The van der Waals surface area contributed by atoms with Crippen molar-refractivity contribution in [1.29, 1.82) is 0 Å². The van der Waals surface area contributed by atoms with Crippen LogP contribution in [0.4, 0.5) is 0 Å². The summed E-state index contributed by atoms with van der Waals surface area (Å²) in [6, 6.07) is 8.42. The van der Waals surface area contributed by atoms with Crippen LogP contribution in [-0.4, -0.2) is 32.5 Å². The molecule has 1 amide bonds. The zero-order valence-corrected chi connectivity index (χ0v) is 18.7. The Morgan fingerprint density at radius 3 is 2.69 bits per heavy atom. The molecule has 1 aromatic carbocycles. The fourth-order valence-electron chi connectivity index (χ4n) is 3.78. The lowest BCUT2D eigenvalue weighted by molar-refractivity contribution is -0.119. The first-order valence-corrected chi connectivity index (χ1v) is 11.5. The highest BCUT2D eigenvalue weighted by Crippen LogP contribution is 2.25. The number of amides is 1. The minimum absolute atomic E-state index is 0.0682. The van der Waals surface area contributed by atoms with E-state index in [0.717, 1.165) is 29.6 Å². The molecule has 1 N–H and O–H groups in total. The van der Waals surface area contributed by atoms with Crippen LogP contribution in [-0.2, 0) is 18.3 Å². The molecule has 7 heteroatoms. The van der Waals surface area contributed by atoms with E-state index < -0.39 is 0 Å². The van der Waals surface area contributed by atoms with Gasteiger partial charge in [-0.3, -0.25) is 4.79 Å². The predicted octanol–water partition coefficient (Wildman–Crippen LogP) is 4.30. The summed E-state index contributed by atoms with van der Waals surface area (Å²) in [4.78, 5) is 12.4. The molecule has 3 atom stereocenters. The minimum atomic E-state index is -0.230. The quantitative estimate of drug-likeness (QED) is 0.650. The van der Waals surface area contributed by atoms with Crippen molar-refractivity contribution in [1.82, 2.24) is 20.1 Å². The molecule has 0 bridgehead atoms. The van der Waals surface area contributed by atoms with E-state index in [1.165, 1.54) is 36.6 Å². The molecule has 0 radical (unpaired) electrons. The van der Waals surface area contributed by atoms with E-state index in [4.69, 9.17) is 4.74 Å². The molecule has 0 aliphatic heterocycles. The molecule has 1 aromatic heterocycles. The number of carbonyl (C=O) groups excluding carboxylic acids is 1. The lowest BCUT2D eigenvalue weighted by Gasteiger charge is -2.29. The fraction of sp³-hybridized carbons (Fsp3) is 0.591. The van der Waals surface area contributed by atoms with Crippen LogP contribution in [0.25, 0.3) is 0 Å². The summed E-state index contributed by atoms with van der Waals surface area (Å²) in [5, 5.41) is 12.5. The third-order valence-corrected chi connectivity index (χ3v) is 6.69. The average Bonchev–Trinajstić information content (AvgIpc) is 3.09. The Hall–Kier alpha value is -2.02. The number of nitrogens with zero attached hydrogens (tertiary/aromatic N) is 3. The van der Waals surface area contributed by atoms with E-state index in [-0.39, 0.29) is 12.0 Å². The van der Waals surface area contributed by atoms with Gasteiger partial charge in [-0.2, -0.15) is 0 Å². The molecule has 0 unspecified atom stereocenters. The van der Waals surface area contributed by atoms with Crippen molar-refractivity contribution < 1.29 is 9.53 Å². The Balaban J connectivity index is 1.53. The van der Waals surface area contributed by atoms with E-state index in [2.05, 4.69) is 41.5 Å². The number of nitrogens with one attached hydrogen (secondary N) is 1. The van der Waals surface area contributed by atoms with Crippen LogP contribution < -0.4 is 10.1 Å². The van der Waals surface area contributed by atoms with E-state index in [1.54, 1.807) is 0 Å². The van der Waals surface area contributed by atoms with Gasteiger partial charge in [0, 0.05) is 13.1 Å². The molecule has 1 aliphatic carbocycles. The van der Waals surface area contributed by atoms with Gasteiger partial charge in [0.25, 0.3) is 0 Å². The number of ether oxygens (including phenoxy) is 1. The Morgan fingerprint density at radius 1 is 1.28 bits per heavy atom. The summed E-state index contributed by atoms with van der Waals surface area (Å²) in [5.74, 6) is 2.53. The van der Waals surface area contributed by atoms with Gasteiger partial charge in [-0.05, 0) is 49.8 Å². The third kappa shape index (κ3) is 5.75. The second-order valence-corrected chi connectivity index (χ2v) is 8.82. The van der Waals surface area contributed by atoms with Crippen LogP contribution in [0.2, 0.25) is 0 Å². The number of hydrogen-bond acceptors (Lipinski definition) is 5. The highest BCUT2D eigenvalue weighted by atomic mass is 32.2. The molecule has 158 valence electrons. The lowest BCUT2D eigenvalue weighted by Crippen LogP contribution is -2.41. The van der Waals surface area contributed by atoms with E-state index >= 15 is 0 Å². The number of thioether (sulfide) groups is 1. The maximum Gasteiger partial charge on any atom is 0.230 e. The fourth-order valence-corrected chi connectivity index (χ4v) is 4.50. The summed E-state index contributed by atoms with van der Waals surface area (Å²) in [5.41, 5.74) is 1.28. The molecule has 0 spiro atoms. The van der Waals surface area contributed by atoms with E-state index in [0.29, 0.717) is 17.7 Å². The molecular formula is C22H32N4O2S. The molecule has 1 heterocycles. The van der Waals surface area contributed by atoms with Crippen LogP contribution in [0.15, 0.2) is 29.4 Å². The summed E-state index contributed by atoms with van der Waals surface area (Å²) in [6.07, 6.45) is 5.53. The molecule has 2 aromatic rings. The Bertz CT molecular complexity index is 806. The van der Waals surface area contributed by atoms with Crippen LogP contribution in [0.1, 0.15) is 63.9 Å². The first-order chi connectivity index (χ1) is 14.0. The van der Waals surface area contributed by atoms with Gasteiger partial charge in [-0.1, -0.05) is 50.6 Å². The largest absolute Gasteiger partial charge is 0.483 e. The maximum atomic E-state index is 12.4. The average molecular weight is 417 g/mol. The van der Waals surface area contributed by atoms with Crippen LogP contribution >= 0.6 is 11.8 Å². The van der Waals surface area contributed by atoms with E-state index in [9.17, 15) is 4.79 Å². The van der Waals surface area contributed by atoms with Crippen molar-refractivity contribution in [3.63, 3.8) is 0 Å². The van der Waals surface area contributed by atoms with Crippen molar-refractivity contribution in [2.24, 2.45) is 13.0 Å². The number of rotatable bonds is 8. The second kappa shape index (κ2) is 10.1. The molecule has 6 nitrogen and oxygen atoms in total. The molecule has 0 saturated heterocycles. The normalized spacial score (nSPS) is 20.3. The molecule has 29 heavy (non-hydrogen) atoms. The van der Waals surface area contributed by atoms with Gasteiger partial charge in [-0.15, -0.1) is 10.2 Å². The van der Waals surface area contributed by atoms with Gasteiger partial charge in [0.1, 0.15) is 5.75 Å². The highest BCUT2D eigenvalue weighted by molar-refractivity contribution is 7.99. The number of aryl methyl sites for hydroxylation is 1. The summed E-state index contributed by atoms with van der Waals surface area (Å²) >= 11 is 1.42. The summed E-state index contributed by atoms with van der Waals surface area (Å²) in [7, 11) is 1.92. The Labute approximate surface area is 177 Å². The number of benzene rings is 1. The van der Waals surface area contributed by atoms with Gasteiger partial charge >= 0.3 is 0 Å². The third-order valence-electron chi connectivity index (χ3n) is 5.67. The predicted molar refractivity (Wildman–Crippen MR) is 116 cm³/mol. The lowest BCUT2D eigenvalue weighted by atomic mass is 9.86. The minimum Gasteiger partial charge on any atom is -0.483 e. The van der Waals surface area contributed by atoms with Gasteiger partial charge in [0.2, 0.25) is 5.91 Å². The van der Waals surface area contributed by atoms with Crippen molar-refractivity contribution in [2.75, 3.05) is 5.75 Å². The van der Waals surface area contributed by atoms with Crippen molar-refractivity contribution in [2.45, 2.75) is 70.2 Å². The molecule has 1 fully saturated rings. The first-order valence-electron chi connectivity index (χ1n) is 10.5. The van der Waals surface area contributed by atoms with Gasteiger partial charge in [0.05, 0.1) is 5.75 Å². The first kappa shape index (κ1) is 21.7. The van der Waals surface area contributed by atoms with Gasteiger partial charge < -0.3 is 14.6 Å². The van der Waals surface area contributed by atoms with Crippen LogP contribution in [0.3, 0.4) is 0 Å². The van der Waals surface area contributed by atoms with Crippen LogP contribution in [0, 0.1) is 5.92 Å². The second-order valence-electron chi connectivity index (χ2n) is 7.88. The zero-order valence-electron chi connectivity index (χ0n) is 17.9. The summed E-state index contributed by atoms with van der Waals surface area (Å²) < 4.78 is 7.93. The van der Waals surface area contributed by atoms with Crippen molar-refractivity contribution in [3.8, 4) is 5.75 Å². The smallest absolute Gasteiger partial charge is 0.230 e. The molecule has 1 aliphatic rings. The van der Waals surface area contributed by atoms with Gasteiger partial charge in [-0.25, -0.2) is 0 Å². The standard InChI is InChI=1S/C22H32N4O2S/c1-5-17-10-12-18(13-11-17)28-16(3)21-24-25-22(26(21)4)29-14-20(27)23-19-9-7-6-8-15(19)2/h10-13,15-16,19H,5-9,14H2,1-4H3,(H,23,27)/t15-,16+,19-/m0/s1. The van der Waals surface area contributed by atoms with Crippen molar-refractivity contribution in [3.05, 3.63) is 35.7 Å². The monoisotopic (exact) mass is 416 g/mol. The van der Waals surface area contributed by atoms with Crippen LogP contribution in [0.5, 0.6) is 5.75 Å².